The van der Waals surface area contributed by atoms with Crippen molar-refractivity contribution in [3.05, 3.63) is 45.9 Å². The van der Waals surface area contributed by atoms with Crippen molar-refractivity contribution >= 4 is 23.0 Å². The Kier molecular flexibility index (Phi) is 8.41. The number of thiazole rings is 1. The van der Waals surface area contributed by atoms with E-state index in [4.69, 9.17) is 0 Å². The second kappa shape index (κ2) is 10.8. The fourth-order valence-corrected chi connectivity index (χ4v) is 3.26. The highest BCUT2D eigenvalue weighted by Gasteiger charge is 2.01. The highest BCUT2D eigenvalue weighted by molar-refractivity contribution is 7.09. The van der Waals surface area contributed by atoms with Gasteiger partial charge in [-0.3, -0.25) is 4.99 Å². The van der Waals surface area contributed by atoms with Gasteiger partial charge < -0.3 is 15.5 Å². The lowest BCUT2D eigenvalue weighted by atomic mass is 10.1. The molecule has 1 aromatic carbocycles. The summed E-state index contributed by atoms with van der Waals surface area (Å²) < 4.78 is 0. The molecular weight excluding hydrogens is 342 g/mol. The Labute approximate surface area is 161 Å². The summed E-state index contributed by atoms with van der Waals surface area (Å²) in [6.45, 7) is 6.67. The number of anilines is 1. The number of nitrogens with one attached hydrogen (secondary N) is 2. The minimum absolute atomic E-state index is 0.820. The SMILES string of the molecule is CCNC(=NCCCc1ccc(N(C)C)cc1)NCCc1csc(C)n1. The Balaban J connectivity index is 1.73. The van der Waals surface area contributed by atoms with E-state index in [2.05, 4.69) is 76.2 Å². The highest BCUT2D eigenvalue weighted by Crippen LogP contribution is 2.13. The molecule has 2 rings (SSSR count). The van der Waals surface area contributed by atoms with Crippen molar-refractivity contribution in [3.63, 3.8) is 0 Å². The first-order valence-corrected chi connectivity index (χ1v) is 10.2. The van der Waals surface area contributed by atoms with Crippen LogP contribution in [0, 0.1) is 6.92 Å². The molecule has 2 aromatic rings. The van der Waals surface area contributed by atoms with Crippen LogP contribution in [-0.2, 0) is 12.8 Å². The molecule has 6 heteroatoms. The number of guanidine groups is 1. The van der Waals surface area contributed by atoms with Gasteiger partial charge in [0.05, 0.1) is 10.7 Å². The molecule has 0 atom stereocenters. The molecule has 1 heterocycles. The summed E-state index contributed by atoms with van der Waals surface area (Å²) >= 11 is 1.70. The molecule has 0 aliphatic rings. The number of aliphatic imine (C=N–C) groups is 1. The van der Waals surface area contributed by atoms with Gasteiger partial charge in [-0.15, -0.1) is 11.3 Å². The van der Waals surface area contributed by atoms with Crippen molar-refractivity contribution in [2.24, 2.45) is 4.99 Å². The van der Waals surface area contributed by atoms with Gasteiger partial charge in [0.2, 0.25) is 0 Å². The number of hydrogen-bond acceptors (Lipinski definition) is 4. The smallest absolute Gasteiger partial charge is 0.191 e. The van der Waals surface area contributed by atoms with Crippen molar-refractivity contribution in [1.29, 1.82) is 0 Å². The van der Waals surface area contributed by atoms with Crippen molar-refractivity contribution in [1.82, 2.24) is 15.6 Å². The molecule has 0 bridgehead atoms. The first-order chi connectivity index (χ1) is 12.6. The summed E-state index contributed by atoms with van der Waals surface area (Å²) in [6.07, 6.45) is 3.02. The van der Waals surface area contributed by atoms with Crippen LogP contribution in [0.3, 0.4) is 0 Å². The maximum atomic E-state index is 4.68. The van der Waals surface area contributed by atoms with Crippen LogP contribution in [0.2, 0.25) is 0 Å². The van der Waals surface area contributed by atoms with Crippen LogP contribution in [0.5, 0.6) is 0 Å². The molecule has 0 spiro atoms. The lowest BCUT2D eigenvalue weighted by Gasteiger charge is -2.12. The largest absolute Gasteiger partial charge is 0.378 e. The lowest BCUT2D eigenvalue weighted by molar-refractivity contribution is 0.771. The van der Waals surface area contributed by atoms with Gasteiger partial charge in [0.1, 0.15) is 0 Å². The van der Waals surface area contributed by atoms with Gasteiger partial charge >= 0.3 is 0 Å². The van der Waals surface area contributed by atoms with E-state index in [-0.39, 0.29) is 0 Å². The van der Waals surface area contributed by atoms with E-state index in [1.54, 1.807) is 11.3 Å². The Hall–Kier alpha value is -2.08. The molecule has 0 fully saturated rings. The van der Waals surface area contributed by atoms with Crippen molar-refractivity contribution in [3.8, 4) is 0 Å². The van der Waals surface area contributed by atoms with E-state index in [0.29, 0.717) is 0 Å². The summed E-state index contributed by atoms with van der Waals surface area (Å²) in [4.78, 5) is 11.3. The predicted molar refractivity (Wildman–Crippen MR) is 114 cm³/mol. The second-order valence-corrected chi connectivity index (χ2v) is 7.52. The van der Waals surface area contributed by atoms with Crippen LogP contribution in [0.15, 0.2) is 34.6 Å². The summed E-state index contributed by atoms with van der Waals surface area (Å²) in [6, 6.07) is 8.76. The van der Waals surface area contributed by atoms with Gasteiger partial charge in [-0.05, 0) is 44.4 Å². The molecule has 0 aliphatic carbocycles. The summed E-state index contributed by atoms with van der Waals surface area (Å²) in [5, 5.41) is 9.96. The molecule has 2 N–H and O–H groups in total. The van der Waals surface area contributed by atoms with E-state index in [9.17, 15) is 0 Å². The summed E-state index contributed by atoms with van der Waals surface area (Å²) in [7, 11) is 4.13. The van der Waals surface area contributed by atoms with E-state index >= 15 is 0 Å². The molecule has 0 radical (unpaired) electrons. The molecule has 0 amide bonds. The number of nitrogens with zero attached hydrogens (tertiary/aromatic N) is 3. The van der Waals surface area contributed by atoms with Crippen molar-refractivity contribution < 1.29 is 0 Å². The summed E-state index contributed by atoms with van der Waals surface area (Å²) in [5.74, 6) is 0.891. The highest BCUT2D eigenvalue weighted by atomic mass is 32.1. The topological polar surface area (TPSA) is 52.6 Å². The zero-order chi connectivity index (χ0) is 18.8. The fraction of sp³-hybridized carbons (Fsp3) is 0.500. The van der Waals surface area contributed by atoms with Gasteiger partial charge in [0, 0.05) is 51.2 Å². The number of benzene rings is 1. The minimum atomic E-state index is 0.820. The van der Waals surface area contributed by atoms with Crippen LogP contribution in [0.4, 0.5) is 5.69 Å². The average molecular weight is 374 g/mol. The zero-order valence-corrected chi connectivity index (χ0v) is 17.2. The third-order valence-corrected chi connectivity index (χ3v) is 4.85. The van der Waals surface area contributed by atoms with Gasteiger partial charge in [0.25, 0.3) is 0 Å². The Morgan fingerprint density at radius 1 is 1.15 bits per heavy atom. The number of rotatable bonds is 9. The Morgan fingerprint density at radius 2 is 1.92 bits per heavy atom. The molecule has 26 heavy (non-hydrogen) atoms. The standard InChI is InChI=1S/C20H31N5S/c1-5-21-20(23-14-12-18-15-26-16(2)24-18)22-13-6-7-17-8-10-19(11-9-17)25(3)4/h8-11,15H,5-7,12-14H2,1-4H3,(H2,21,22,23). The number of hydrogen-bond donors (Lipinski definition) is 2. The van der Waals surface area contributed by atoms with Gasteiger partial charge in [0.15, 0.2) is 5.96 Å². The van der Waals surface area contributed by atoms with E-state index in [1.165, 1.54) is 11.3 Å². The van der Waals surface area contributed by atoms with E-state index < -0.39 is 0 Å². The van der Waals surface area contributed by atoms with Crippen LogP contribution in [-0.4, -0.2) is 44.7 Å². The first kappa shape index (κ1) is 20.2. The molecule has 0 unspecified atom stereocenters. The fourth-order valence-electron chi connectivity index (χ4n) is 2.61. The maximum absolute atomic E-state index is 4.68. The normalized spacial score (nSPS) is 11.5. The molecule has 0 aliphatic heterocycles. The molecule has 0 saturated carbocycles. The minimum Gasteiger partial charge on any atom is -0.378 e. The summed E-state index contributed by atoms with van der Waals surface area (Å²) in [5.41, 5.74) is 3.75. The zero-order valence-electron chi connectivity index (χ0n) is 16.4. The second-order valence-electron chi connectivity index (χ2n) is 6.46. The average Bonchev–Trinajstić information content (AvgIpc) is 3.04. The predicted octanol–water partition coefficient (Wildman–Crippen LogP) is 3.25. The van der Waals surface area contributed by atoms with Crippen LogP contribution < -0.4 is 15.5 Å². The molecular formula is C20H31N5S. The molecule has 0 saturated heterocycles. The third-order valence-electron chi connectivity index (χ3n) is 4.03. The molecule has 142 valence electrons. The monoisotopic (exact) mass is 373 g/mol. The Morgan fingerprint density at radius 3 is 2.54 bits per heavy atom. The van der Waals surface area contributed by atoms with Crippen molar-refractivity contribution in [2.45, 2.75) is 33.1 Å². The number of aromatic nitrogens is 1. The Bertz CT molecular complexity index is 676. The lowest BCUT2D eigenvalue weighted by Crippen LogP contribution is -2.38. The third kappa shape index (κ3) is 7.04. The molecule has 5 nitrogen and oxygen atoms in total. The van der Waals surface area contributed by atoms with Crippen LogP contribution >= 0.6 is 11.3 Å². The number of aryl methyl sites for hydroxylation is 2. The van der Waals surface area contributed by atoms with Crippen LogP contribution in [0.25, 0.3) is 0 Å². The van der Waals surface area contributed by atoms with Gasteiger partial charge in [-0.25, -0.2) is 4.98 Å². The van der Waals surface area contributed by atoms with Gasteiger partial charge in [-0.1, -0.05) is 12.1 Å². The maximum Gasteiger partial charge on any atom is 0.191 e. The van der Waals surface area contributed by atoms with Crippen molar-refractivity contribution in [2.75, 3.05) is 38.6 Å². The quantitative estimate of drug-likeness (QED) is 0.402. The molecule has 1 aromatic heterocycles. The van der Waals surface area contributed by atoms with Crippen LogP contribution in [0.1, 0.15) is 29.6 Å². The first-order valence-electron chi connectivity index (χ1n) is 9.28. The van der Waals surface area contributed by atoms with E-state index in [1.807, 2.05) is 6.92 Å². The van der Waals surface area contributed by atoms with E-state index in [0.717, 1.165) is 55.6 Å². The van der Waals surface area contributed by atoms with Gasteiger partial charge in [-0.2, -0.15) is 0 Å².